The Morgan fingerprint density at radius 2 is 1.96 bits per heavy atom. The van der Waals surface area contributed by atoms with Crippen molar-refractivity contribution in [1.29, 1.82) is 0 Å². The molecule has 4 rings (SSSR count). The average Bonchev–Trinajstić information content (AvgIpc) is 3.44. The van der Waals surface area contributed by atoms with Crippen molar-refractivity contribution in [1.82, 2.24) is 25.2 Å². The van der Waals surface area contributed by atoms with Crippen LogP contribution in [0, 0.1) is 0 Å². The second kappa shape index (κ2) is 7.99. The van der Waals surface area contributed by atoms with Crippen LogP contribution in [0.5, 0.6) is 0 Å². The van der Waals surface area contributed by atoms with Crippen LogP contribution >= 0.6 is 34.0 Å². The first-order chi connectivity index (χ1) is 13.2. The lowest BCUT2D eigenvalue weighted by atomic mass is 10.3. The Labute approximate surface area is 166 Å². The third-order valence-electron chi connectivity index (χ3n) is 3.80. The van der Waals surface area contributed by atoms with Crippen LogP contribution in [0.15, 0.2) is 39.7 Å². The maximum absolute atomic E-state index is 11.9. The van der Waals surface area contributed by atoms with Gasteiger partial charge in [0.1, 0.15) is 0 Å². The van der Waals surface area contributed by atoms with E-state index in [9.17, 15) is 9.59 Å². The molecule has 0 aliphatic heterocycles. The molecule has 7 nitrogen and oxygen atoms in total. The quantitative estimate of drug-likeness (QED) is 0.472. The van der Waals surface area contributed by atoms with Crippen LogP contribution in [0.1, 0.15) is 11.3 Å². The number of hydrogen-bond donors (Lipinski definition) is 2. The molecule has 0 saturated heterocycles. The van der Waals surface area contributed by atoms with Crippen LogP contribution in [-0.2, 0) is 22.6 Å². The molecule has 0 bridgehead atoms. The summed E-state index contributed by atoms with van der Waals surface area (Å²) in [7, 11) is 0. The monoisotopic (exact) mass is 417 g/mol. The molecule has 138 valence electrons. The van der Waals surface area contributed by atoms with Crippen molar-refractivity contribution in [2.75, 3.05) is 6.54 Å². The highest BCUT2D eigenvalue weighted by Crippen LogP contribution is 2.24. The number of thiazole rings is 1. The normalized spacial score (nSPS) is 11.0. The van der Waals surface area contributed by atoms with Crippen molar-refractivity contribution in [3.05, 3.63) is 51.0 Å². The van der Waals surface area contributed by atoms with E-state index in [0.717, 1.165) is 21.1 Å². The Morgan fingerprint density at radius 3 is 2.74 bits per heavy atom. The molecule has 0 radical (unpaired) electrons. The third kappa shape index (κ3) is 4.07. The molecular weight excluding hydrogens is 402 g/mol. The molecule has 4 heterocycles. The molecular formula is C17H15N5O2S3. The standard InChI is InChI=1S/C17H15N5O2S3/c23-15(16(24)19-8-11-4-7-25-9-11)18-5-3-12-10-27-17-20-14(21-22(12)17)13-2-1-6-26-13/h1-2,4,6-7,9-10H,3,5,8H2,(H,18,23)(H,19,24). The first-order valence-corrected chi connectivity index (χ1v) is 10.8. The second-order valence-corrected chi connectivity index (χ2v) is 8.22. The van der Waals surface area contributed by atoms with E-state index in [1.54, 1.807) is 27.2 Å². The predicted molar refractivity (Wildman–Crippen MR) is 107 cm³/mol. The van der Waals surface area contributed by atoms with E-state index >= 15 is 0 Å². The highest BCUT2D eigenvalue weighted by atomic mass is 32.1. The molecule has 4 aromatic heterocycles. The zero-order valence-corrected chi connectivity index (χ0v) is 16.5. The molecule has 0 spiro atoms. The molecule has 0 aliphatic carbocycles. The van der Waals surface area contributed by atoms with Gasteiger partial charge in [0.25, 0.3) is 0 Å². The van der Waals surface area contributed by atoms with Crippen LogP contribution in [0.2, 0.25) is 0 Å². The lowest BCUT2D eigenvalue weighted by Gasteiger charge is -2.05. The number of thiophene rings is 2. The van der Waals surface area contributed by atoms with E-state index in [1.807, 2.05) is 39.7 Å². The minimum atomic E-state index is -0.630. The summed E-state index contributed by atoms with van der Waals surface area (Å²) >= 11 is 4.65. The molecule has 10 heteroatoms. The molecule has 0 atom stereocenters. The van der Waals surface area contributed by atoms with Gasteiger partial charge in [0.05, 0.1) is 10.6 Å². The van der Waals surface area contributed by atoms with Crippen LogP contribution < -0.4 is 10.6 Å². The van der Waals surface area contributed by atoms with Crippen molar-refractivity contribution in [3.8, 4) is 10.7 Å². The lowest BCUT2D eigenvalue weighted by molar-refractivity contribution is -0.139. The zero-order valence-electron chi connectivity index (χ0n) is 14.0. The van der Waals surface area contributed by atoms with E-state index < -0.39 is 11.8 Å². The molecule has 2 amide bonds. The smallest absolute Gasteiger partial charge is 0.309 e. The fourth-order valence-electron chi connectivity index (χ4n) is 2.45. The first-order valence-electron chi connectivity index (χ1n) is 8.15. The Hall–Kier alpha value is -2.56. The highest BCUT2D eigenvalue weighted by molar-refractivity contribution is 7.15. The lowest BCUT2D eigenvalue weighted by Crippen LogP contribution is -2.40. The summed E-state index contributed by atoms with van der Waals surface area (Å²) in [5, 5.41) is 17.6. The van der Waals surface area contributed by atoms with Gasteiger partial charge < -0.3 is 10.6 Å². The summed E-state index contributed by atoms with van der Waals surface area (Å²) < 4.78 is 1.79. The van der Waals surface area contributed by atoms with Gasteiger partial charge in [-0.15, -0.1) is 27.8 Å². The third-order valence-corrected chi connectivity index (χ3v) is 6.26. The van der Waals surface area contributed by atoms with Gasteiger partial charge in [0.15, 0.2) is 5.82 Å². The van der Waals surface area contributed by atoms with Gasteiger partial charge in [-0.25, -0.2) is 4.52 Å². The number of aromatic nitrogens is 3. The molecule has 0 saturated carbocycles. The topological polar surface area (TPSA) is 88.4 Å². The summed E-state index contributed by atoms with van der Waals surface area (Å²) in [4.78, 5) is 30.1. The highest BCUT2D eigenvalue weighted by Gasteiger charge is 2.15. The molecule has 2 N–H and O–H groups in total. The van der Waals surface area contributed by atoms with E-state index in [1.165, 1.54) is 11.3 Å². The Morgan fingerprint density at radius 1 is 1.07 bits per heavy atom. The van der Waals surface area contributed by atoms with Crippen molar-refractivity contribution >= 4 is 50.8 Å². The number of nitrogens with one attached hydrogen (secondary N) is 2. The molecule has 4 aromatic rings. The number of carbonyl (C=O) groups excluding carboxylic acids is 2. The minimum absolute atomic E-state index is 0.352. The fourth-order valence-corrected chi connectivity index (χ4v) is 4.62. The van der Waals surface area contributed by atoms with Crippen molar-refractivity contribution in [3.63, 3.8) is 0 Å². The number of fused-ring (bicyclic) bond motifs is 1. The summed E-state index contributed by atoms with van der Waals surface area (Å²) in [6.45, 7) is 0.704. The van der Waals surface area contributed by atoms with Gasteiger partial charge in [-0.1, -0.05) is 6.07 Å². The number of carbonyl (C=O) groups is 2. The maximum Gasteiger partial charge on any atom is 0.309 e. The Balaban J connectivity index is 1.31. The van der Waals surface area contributed by atoms with Crippen LogP contribution in [0.3, 0.4) is 0 Å². The fraction of sp³-hybridized carbons (Fsp3) is 0.176. The molecule has 0 fully saturated rings. The van der Waals surface area contributed by atoms with Crippen LogP contribution in [0.4, 0.5) is 0 Å². The Bertz CT molecular complexity index is 1050. The average molecular weight is 418 g/mol. The minimum Gasteiger partial charge on any atom is -0.347 e. The van der Waals surface area contributed by atoms with Gasteiger partial charge in [0, 0.05) is 24.9 Å². The Kier molecular flexibility index (Phi) is 5.28. The first kappa shape index (κ1) is 17.8. The zero-order chi connectivity index (χ0) is 18.6. The summed E-state index contributed by atoms with van der Waals surface area (Å²) in [6, 6.07) is 5.86. The summed E-state index contributed by atoms with van der Waals surface area (Å²) in [6.07, 6.45) is 0.566. The van der Waals surface area contributed by atoms with Gasteiger partial charge in [-0.3, -0.25) is 9.59 Å². The second-order valence-electron chi connectivity index (χ2n) is 5.65. The van der Waals surface area contributed by atoms with E-state index in [-0.39, 0.29) is 0 Å². The van der Waals surface area contributed by atoms with Crippen LogP contribution in [-0.4, -0.2) is 33.0 Å². The molecule has 0 aromatic carbocycles. The van der Waals surface area contributed by atoms with Gasteiger partial charge >= 0.3 is 11.8 Å². The van der Waals surface area contributed by atoms with Crippen molar-refractivity contribution in [2.24, 2.45) is 0 Å². The largest absolute Gasteiger partial charge is 0.347 e. The van der Waals surface area contributed by atoms with Gasteiger partial charge in [0.2, 0.25) is 4.96 Å². The number of nitrogens with zero attached hydrogens (tertiary/aromatic N) is 3. The van der Waals surface area contributed by atoms with Crippen molar-refractivity contribution in [2.45, 2.75) is 13.0 Å². The van der Waals surface area contributed by atoms with Gasteiger partial charge in [-0.05, 0) is 33.8 Å². The summed E-state index contributed by atoms with van der Waals surface area (Å²) in [5.74, 6) is -0.554. The number of hydrogen-bond acceptors (Lipinski definition) is 7. The molecule has 0 unspecified atom stereocenters. The maximum atomic E-state index is 11.9. The van der Waals surface area contributed by atoms with Crippen LogP contribution in [0.25, 0.3) is 15.7 Å². The van der Waals surface area contributed by atoms with E-state index in [4.69, 9.17) is 0 Å². The summed E-state index contributed by atoms with van der Waals surface area (Å²) in [5.41, 5.74) is 1.93. The van der Waals surface area contributed by atoms with Gasteiger partial charge in [-0.2, -0.15) is 16.3 Å². The molecule has 0 aliphatic rings. The van der Waals surface area contributed by atoms with Crippen molar-refractivity contribution < 1.29 is 9.59 Å². The number of amides is 2. The van der Waals surface area contributed by atoms with E-state index in [2.05, 4.69) is 20.7 Å². The molecule has 27 heavy (non-hydrogen) atoms. The predicted octanol–water partition coefficient (Wildman–Crippen LogP) is 2.56. The SMILES string of the molecule is O=C(NCCc1csc2nc(-c3cccs3)nn12)C(=O)NCc1ccsc1. The number of rotatable bonds is 6. The van der Waals surface area contributed by atoms with E-state index in [0.29, 0.717) is 25.3 Å².